The van der Waals surface area contributed by atoms with Crippen LogP contribution in [-0.4, -0.2) is 65.3 Å². The quantitative estimate of drug-likeness (QED) is 0.167. The van der Waals surface area contributed by atoms with E-state index in [2.05, 4.69) is 27.8 Å². The number of carboxylic acids is 1. The summed E-state index contributed by atoms with van der Waals surface area (Å²) in [5.41, 5.74) is 1.23. The van der Waals surface area contributed by atoms with Crippen LogP contribution in [0.15, 0.2) is 42.5 Å². The Kier molecular flexibility index (Phi) is 11.8. The molecule has 0 aliphatic heterocycles. The van der Waals surface area contributed by atoms with E-state index in [0.717, 1.165) is 5.56 Å². The van der Waals surface area contributed by atoms with Crippen LogP contribution in [0.25, 0.3) is 0 Å². The molecule has 10 heteroatoms. The van der Waals surface area contributed by atoms with E-state index in [1.807, 2.05) is 19.9 Å². The van der Waals surface area contributed by atoms with Crippen LogP contribution in [0.1, 0.15) is 32.8 Å². The zero-order valence-electron chi connectivity index (χ0n) is 19.3. The number of hydrogen-bond acceptors (Lipinski definition) is 6. The Morgan fingerprint density at radius 1 is 0.970 bits per heavy atom. The van der Waals surface area contributed by atoms with Gasteiger partial charge in [0.2, 0.25) is 17.7 Å². The van der Waals surface area contributed by atoms with Gasteiger partial charge in [0.05, 0.1) is 6.54 Å². The summed E-state index contributed by atoms with van der Waals surface area (Å²) in [4.78, 5) is 48.7. The van der Waals surface area contributed by atoms with E-state index in [0.29, 0.717) is 5.57 Å². The molecule has 10 nitrogen and oxygen atoms in total. The first-order valence-corrected chi connectivity index (χ1v) is 10.7. The molecule has 0 radical (unpaired) electrons. The van der Waals surface area contributed by atoms with Gasteiger partial charge in [-0.25, -0.2) is 0 Å². The number of amides is 3. The van der Waals surface area contributed by atoms with Crippen molar-refractivity contribution in [3.05, 3.63) is 48.0 Å². The molecule has 0 saturated carbocycles. The van der Waals surface area contributed by atoms with Crippen molar-refractivity contribution in [1.29, 1.82) is 0 Å². The molecule has 0 aromatic heterocycles. The number of rotatable bonds is 14. The summed E-state index contributed by atoms with van der Waals surface area (Å²) in [5, 5.41) is 28.7. The molecule has 0 aliphatic rings. The van der Waals surface area contributed by atoms with Gasteiger partial charge in [0, 0.05) is 6.42 Å². The molecule has 0 spiro atoms. The highest BCUT2D eigenvalue weighted by Gasteiger charge is 2.28. The lowest BCUT2D eigenvalue weighted by Gasteiger charge is -2.24. The van der Waals surface area contributed by atoms with Gasteiger partial charge >= 0.3 is 5.97 Å². The highest BCUT2D eigenvalue weighted by Crippen LogP contribution is 2.08. The average Bonchev–Trinajstić information content (AvgIpc) is 2.75. The molecule has 3 atom stereocenters. The van der Waals surface area contributed by atoms with E-state index in [1.54, 1.807) is 31.2 Å². The summed E-state index contributed by atoms with van der Waals surface area (Å²) < 4.78 is 0. The number of aliphatic hydroxyl groups excluding tert-OH is 1. The molecule has 3 amide bonds. The summed E-state index contributed by atoms with van der Waals surface area (Å²) in [6, 6.07) is 7.09. The second-order valence-corrected chi connectivity index (χ2v) is 8.24. The van der Waals surface area contributed by atoms with Crippen molar-refractivity contribution >= 4 is 23.7 Å². The largest absolute Gasteiger partial charge is 0.480 e. The van der Waals surface area contributed by atoms with Gasteiger partial charge in [0.15, 0.2) is 0 Å². The van der Waals surface area contributed by atoms with E-state index >= 15 is 0 Å². The van der Waals surface area contributed by atoms with E-state index in [1.165, 1.54) is 0 Å². The zero-order chi connectivity index (χ0) is 25.0. The normalized spacial score (nSPS) is 13.5. The van der Waals surface area contributed by atoms with E-state index in [-0.39, 0.29) is 25.3 Å². The van der Waals surface area contributed by atoms with Gasteiger partial charge in [-0.3, -0.25) is 24.5 Å². The van der Waals surface area contributed by atoms with E-state index < -0.39 is 48.5 Å². The fourth-order valence-corrected chi connectivity index (χ4v) is 2.93. The molecular weight excluding hydrogens is 428 g/mol. The summed E-state index contributed by atoms with van der Waals surface area (Å²) in [7, 11) is 0. The minimum atomic E-state index is -1.20. The van der Waals surface area contributed by atoms with Crippen molar-refractivity contribution in [3.63, 3.8) is 0 Å². The van der Waals surface area contributed by atoms with Gasteiger partial charge in [-0.15, -0.1) is 0 Å². The average molecular weight is 463 g/mol. The molecule has 182 valence electrons. The molecule has 0 fully saturated rings. The van der Waals surface area contributed by atoms with Crippen molar-refractivity contribution in [2.45, 2.75) is 51.9 Å². The van der Waals surface area contributed by atoms with Gasteiger partial charge in [-0.1, -0.05) is 50.8 Å². The molecule has 33 heavy (non-hydrogen) atoms. The van der Waals surface area contributed by atoms with Crippen LogP contribution in [0, 0.1) is 5.92 Å². The number of hydrogen-bond donors (Lipinski definition) is 6. The van der Waals surface area contributed by atoms with E-state index in [9.17, 15) is 24.3 Å². The summed E-state index contributed by atoms with van der Waals surface area (Å²) in [5.74, 6) is -2.88. The highest BCUT2D eigenvalue weighted by atomic mass is 16.4. The monoisotopic (exact) mass is 462 g/mol. The number of carbonyl (C=O) groups excluding carboxylic acids is 3. The summed E-state index contributed by atoms with van der Waals surface area (Å²) >= 11 is 0. The summed E-state index contributed by atoms with van der Waals surface area (Å²) in [6.45, 7) is 8.12. The second kappa shape index (κ2) is 14.0. The number of aliphatic carboxylic acids is 1. The fourth-order valence-electron chi connectivity index (χ4n) is 2.93. The van der Waals surface area contributed by atoms with Gasteiger partial charge in [0.25, 0.3) is 0 Å². The lowest BCUT2D eigenvalue weighted by molar-refractivity contribution is -0.138. The minimum absolute atomic E-state index is 0.0425. The number of aliphatic hydroxyl groups is 1. The summed E-state index contributed by atoms with van der Waals surface area (Å²) in [6.07, 6.45) is -0.604. The number of benzene rings is 1. The molecular formula is C23H34N4O6. The predicted molar refractivity (Wildman–Crippen MR) is 123 cm³/mol. The minimum Gasteiger partial charge on any atom is -0.480 e. The Labute approximate surface area is 193 Å². The fraction of sp³-hybridized carbons (Fsp3) is 0.478. The first kappa shape index (κ1) is 27.8. The third kappa shape index (κ3) is 11.3. The van der Waals surface area contributed by atoms with Crippen LogP contribution in [-0.2, 0) is 25.6 Å². The van der Waals surface area contributed by atoms with Crippen molar-refractivity contribution in [2.24, 2.45) is 5.92 Å². The molecule has 0 aliphatic carbocycles. The number of nitrogens with one attached hydrogen (secondary N) is 4. The lowest BCUT2D eigenvalue weighted by Crippen LogP contribution is -2.56. The Bertz CT molecular complexity index is 828. The Morgan fingerprint density at radius 3 is 2.15 bits per heavy atom. The molecule has 1 aromatic rings. The SMILES string of the molecule is C=C(C)C(O)NCC(=O)NC(Cc1ccccc1)C(=O)NC(CC(C)C)C(=O)NCC(=O)O. The number of carboxylic acid groups (broad SMARTS) is 1. The lowest BCUT2D eigenvalue weighted by atomic mass is 10.0. The molecule has 1 rings (SSSR count). The van der Waals surface area contributed by atoms with Crippen molar-refractivity contribution in [2.75, 3.05) is 13.1 Å². The second-order valence-electron chi connectivity index (χ2n) is 8.24. The van der Waals surface area contributed by atoms with Crippen molar-refractivity contribution in [1.82, 2.24) is 21.3 Å². The number of carbonyl (C=O) groups is 4. The van der Waals surface area contributed by atoms with Crippen LogP contribution < -0.4 is 21.3 Å². The third-order valence-corrected chi connectivity index (χ3v) is 4.61. The van der Waals surface area contributed by atoms with Crippen LogP contribution in [0.3, 0.4) is 0 Å². The van der Waals surface area contributed by atoms with Crippen LogP contribution in [0.4, 0.5) is 0 Å². The highest BCUT2D eigenvalue weighted by molar-refractivity contribution is 5.93. The van der Waals surface area contributed by atoms with Gasteiger partial charge in [-0.2, -0.15) is 0 Å². The maximum atomic E-state index is 13.1. The van der Waals surface area contributed by atoms with Crippen LogP contribution >= 0.6 is 0 Å². The first-order valence-electron chi connectivity index (χ1n) is 10.7. The van der Waals surface area contributed by atoms with Gasteiger partial charge in [-0.05, 0) is 30.4 Å². The Balaban J connectivity index is 2.94. The first-order chi connectivity index (χ1) is 15.5. The third-order valence-electron chi connectivity index (χ3n) is 4.61. The molecule has 0 heterocycles. The van der Waals surface area contributed by atoms with E-state index in [4.69, 9.17) is 5.11 Å². The molecule has 0 saturated heterocycles. The van der Waals surface area contributed by atoms with Crippen molar-refractivity contribution < 1.29 is 29.4 Å². The Hall–Kier alpha value is -3.24. The Morgan fingerprint density at radius 2 is 1.61 bits per heavy atom. The van der Waals surface area contributed by atoms with Gasteiger partial charge < -0.3 is 26.2 Å². The standard InChI is InChI=1S/C23H34N4O6/c1-14(2)10-17(22(32)25-13-20(29)30)27-23(33)18(11-16-8-6-5-7-9-16)26-19(28)12-24-21(31)15(3)4/h5-9,14,17-18,21,24,31H,3,10-13H2,1-2,4H3,(H,25,32)(H,26,28)(H,27,33)(H,29,30). The molecule has 1 aromatic carbocycles. The van der Waals surface area contributed by atoms with Gasteiger partial charge in [0.1, 0.15) is 24.9 Å². The maximum Gasteiger partial charge on any atom is 0.322 e. The van der Waals surface area contributed by atoms with Crippen LogP contribution in [0.5, 0.6) is 0 Å². The maximum absolute atomic E-state index is 13.1. The van der Waals surface area contributed by atoms with Crippen molar-refractivity contribution in [3.8, 4) is 0 Å². The topological polar surface area (TPSA) is 157 Å². The zero-order valence-corrected chi connectivity index (χ0v) is 19.3. The molecule has 0 bridgehead atoms. The molecule has 6 N–H and O–H groups in total. The smallest absolute Gasteiger partial charge is 0.322 e. The van der Waals surface area contributed by atoms with Crippen LogP contribution in [0.2, 0.25) is 0 Å². The molecule has 3 unspecified atom stereocenters. The predicted octanol–water partition coefficient (Wildman–Crippen LogP) is -0.0703.